The Morgan fingerprint density at radius 1 is 1.24 bits per heavy atom. The smallest absolute Gasteiger partial charge is 0.407 e. The molecule has 6 heteroatoms. The summed E-state index contributed by atoms with van der Waals surface area (Å²) in [6.07, 6.45) is -0.366. The predicted molar refractivity (Wildman–Crippen MR) is 72.8 cm³/mol. The number of amides is 1. The van der Waals surface area contributed by atoms with Gasteiger partial charge in [-0.05, 0) is 29.8 Å². The standard InChI is InChI=1S/C15H13FN2O3/c16-11-2-4-12(5-3-11)21-14-6-1-10-9-18(15(19)20)8-7-13(10)17-14/h1-6H,7-9H2,(H,19,20). The molecule has 1 N–H and O–H groups in total. The molecule has 0 spiro atoms. The summed E-state index contributed by atoms with van der Waals surface area (Å²) >= 11 is 0. The van der Waals surface area contributed by atoms with Gasteiger partial charge >= 0.3 is 6.09 Å². The highest BCUT2D eigenvalue weighted by Gasteiger charge is 2.21. The van der Waals surface area contributed by atoms with Crippen molar-refractivity contribution in [3.05, 3.63) is 53.5 Å². The van der Waals surface area contributed by atoms with Crippen molar-refractivity contribution in [3.8, 4) is 11.6 Å². The van der Waals surface area contributed by atoms with Crippen LogP contribution in [0.15, 0.2) is 36.4 Å². The summed E-state index contributed by atoms with van der Waals surface area (Å²) in [4.78, 5) is 16.7. The Balaban J connectivity index is 1.77. The summed E-state index contributed by atoms with van der Waals surface area (Å²) in [6, 6.07) is 9.20. The van der Waals surface area contributed by atoms with Gasteiger partial charge in [-0.15, -0.1) is 0 Å². The molecule has 1 aromatic carbocycles. The van der Waals surface area contributed by atoms with Gasteiger partial charge in [0, 0.05) is 19.0 Å². The van der Waals surface area contributed by atoms with Gasteiger partial charge in [0.1, 0.15) is 11.6 Å². The van der Waals surface area contributed by atoms with E-state index in [0.717, 1.165) is 11.3 Å². The first-order chi connectivity index (χ1) is 10.1. The van der Waals surface area contributed by atoms with Crippen molar-refractivity contribution >= 4 is 6.09 Å². The Labute approximate surface area is 120 Å². The van der Waals surface area contributed by atoms with Crippen LogP contribution in [0.1, 0.15) is 11.3 Å². The molecule has 1 aliphatic heterocycles. The molecule has 0 atom stereocenters. The Morgan fingerprint density at radius 3 is 2.71 bits per heavy atom. The minimum atomic E-state index is -0.924. The first-order valence-electron chi connectivity index (χ1n) is 6.52. The van der Waals surface area contributed by atoms with Crippen LogP contribution in [0, 0.1) is 5.82 Å². The molecule has 0 aliphatic carbocycles. The van der Waals surface area contributed by atoms with E-state index in [0.29, 0.717) is 31.1 Å². The van der Waals surface area contributed by atoms with Crippen LogP contribution in [0.5, 0.6) is 11.6 Å². The molecule has 0 radical (unpaired) electrons. The average Bonchev–Trinajstić information content (AvgIpc) is 2.49. The molecule has 0 bridgehead atoms. The SMILES string of the molecule is O=C(O)N1CCc2nc(Oc3ccc(F)cc3)ccc2C1. The largest absolute Gasteiger partial charge is 0.465 e. The van der Waals surface area contributed by atoms with E-state index in [9.17, 15) is 9.18 Å². The molecule has 5 nitrogen and oxygen atoms in total. The van der Waals surface area contributed by atoms with Gasteiger partial charge in [0.25, 0.3) is 0 Å². The summed E-state index contributed by atoms with van der Waals surface area (Å²) < 4.78 is 18.4. The molecule has 2 aromatic rings. The van der Waals surface area contributed by atoms with Crippen LogP contribution in [0.4, 0.5) is 9.18 Å². The van der Waals surface area contributed by atoms with E-state index >= 15 is 0 Å². The number of carbonyl (C=O) groups is 1. The van der Waals surface area contributed by atoms with E-state index in [4.69, 9.17) is 9.84 Å². The molecule has 108 valence electrons. The Morgan fingerprint density at radius 2 is 2.00 bits per heavy atom. The van der Waals surface area contributed by atoms with Crippen LogP contribution in [0.2, 0.25) is 0 Å². The number of benzene rings is 1. The highest BCUT2D eigenvalue weighted by Crippen LogP contribution is 2.24. The second kappa shape index (κ2) is 5.40. The second-order valence-corrected chi connectivity index (χ2v) is 4.77. The number of rotatable bonds is 2. The topological polar surface area (TPSA) is 62.7 Å². The number of ether oxygens (including phenoxy) is 1. The lowest BCUT2D eigenvalue weighted by molar-refractivity contribution is 0.139. The maximum atomic E-state index is 12.8. The van der Waals surface area contributed by atoms with Gasteiger partial charge in [0.15, 0.2) is 0 Å². The lowest BCUT2D eigenvalue weighted by atomic mass is 10.1. The highest BCUT2D eigenvalue weighted by atomic mass is 19.1. The van der Waals surface area contributed by atoms with Crippen molar-refractivity contribution in [1.82, 2.24) is 9.88 Å². The number of nitrogens with zero attached hydrogens (tertiary/aromatic N) is 2. The van der Waals surface area contributed by atoms with E-state index in [1.54, 1.807) is 6.07 Å². The monoisotopic (exact) mass is 288 g/mol. The van der Waals surface area contributed by atoms with Crippen LogP contribution < -0.4 is 4.74 Å². The maximum absolute atomic E-state index is 12.8. The number of hydrogen-bond acceptors (Lipinski definition) is 3. The summed E-state index contributed by atoms with van der Waals surface area (Å²) in [5.41, 5.74) is 1.72. The third kappa shape index (κ3) is 2.94. The highest BCUT2D eigenvalue weighted by molar-refractivity contribution is 5.65. The number of halogens is 1. The number of carboxylic acid groups (broad SMARTS) is 1. The van der Waals surface area contributed by atoms with E-state index in [1.165, 1.54) is 29.2 Å². The van der Waals surface area contributed by atoms with Crippen LogP contribution in [0.25, 0.3) is 0 Å². The molecule has 3 rings (SSSR count). The summed E-state index contributed by atoms with van der Waals surface area (Å²) in [5.74, 6) is 0.602. The molecule has 1 amide bonds. The first kappa shape index (κ1) is 13.4. The molecule has 2 heterocycles. The number of fused-ring (bicyclic) bond motifs is 1. The van der Waals surface area contributed by atoms with E-state index in [1.807, 2.05) is 6.07 Å². The Hall–Kier alpha value is -2.63. The molecule has 1 aromatic heterocycles. The molecule has 1 aliphatic rings. The minimum absolute atomic E-state index is 0.325. The fourth-order valence-electron chi connectivity index (χ4n) is 2.24. The van der Waals surface area contributed by atoms with Crippen LogP contribution in [-0.2, 0) is 13.0 Å². The Kier molecular flexibility index (Phi) is 3.43. The molecular weight excluding hydrogens is 275 g/mol. The molecule has 0 saturated heterocycles. The normalized spacial score (nSPS) is 13.7. The zero-order valence-corrected chi connectivity index (χ0v) is 11.1. The molecule has 0 fully saturated rings. The lowest BCUT2D eigenvalue weighted by Crippen LogP contribution is -2.35. The van der Waals surface area contributed by atoms with Gasteiger partial charge in [-0.1, -0.05) is 6.07 Å². The fraction of sp³-hybridized carbons (Fsp3) is 0.200. The van der Waals surface area contributed by atoms with Gasteiger partial charge in [0.05, 0.1) is 12.2 Å². The molecule has 0 unspecified atom stereocenters. The second-order valence-electron chi connectivity index (χ2n) is 4.77. The van der Waals surface area contributed by atoms with Gasteiger partial charge in [-0.2, -0.15) is 0 Å². The molecule has 21 heavy (non-hydrogen) atoms. The quantitative estimate of drug-likeness (QED) is 0.922. The number of aromatic nitrogens is 1. The molecule has 0 saturated carbocycles. The summed E-state index contributed by atoms with van der Waals surface area (Å²) in [6.45, 7) is 0.768. The zero-order valence-electron chi connectivity index (χ0n) is 11.1. The van der Waals surface area contributed by atoms with Gasteiger partial charge in [-0.3, -0.25) is 0 Å². The first-order valence-corrected chi connectivity index (χ1v) is 6.52. The zero-order chi connectivity index (χ0) is 14.8. The van der Waals surface area contributed by atoms with Crippen molar-refractivity contribution in [2.45, 2.75) is 13.0 Å². The van der Waals surface area contributed by atoms with E-state index in [-0.39, 0.29) is 5.82 Å². The van der Waals surface area contributed by atoms with Crippen LogP contribution in [-0.4, -0.2) is 27.6 Å². The van der Waals surface area contributed by atoms with Gasteiger partial charge in [-0.25, -0.2) is 14.2 Å². The third-order valence-corrected chi connectivity index (χ3v) is 3.33. The van der Waals surface area contributed by atoms with E-state index < -0.39 is 6.09 Å². The van der Waals surface area contributed by atoms with E-state index in [2.05, 4.69) is 4.98 Å². The summed E-state index contributed by atoms with van der Waals surface area (Å²) in [7, 11) is 0. The molecular formula is C15H13FN2O3. The van der Waals surface area contributed by atoms with Crippen LogP contribution in [0.3, 0.4) is 0 Å². The van der Waals surface area contributed by atoms with Crippen LogP contribution >= 0.6 is 0 Å². The minimum Gasteiger partial charge on any atom is -0.465 e. The van der Waals surface area contributed by atoms with Gasteiger partial charge < -0.3 is 14.7 Å². The number of hydrogen-bond donors (Lipinski definition) is 1. The van der Waals surface area contributed by atoms with Crippen molar-refractivity contribution in [2.75, 3.05) is 6.54 Å². The average molecular weight is 288 g/mol. The Bertz CT molecular complexity index is 673. The third-order valence-electron chi connectivity index (χ3n) is 3.33. The van der Waals surface area contributed by atoms with Crippen molar-refractivity contribution < 1.29 is 19.0 Å². The van der Waals surface area contributed by atoms with Crippen molar-refractivity contribution in [3.63, 3.8) is 0 Å². The fourth-order valence-corrected chi connectivity index (χ4v) is 2.24. The van der Waals surface area contributed by atoms with Crippen molar-refractivity contribution in [1.29, 1.82) is 0 Å². The van der Waals surface area contributed by atoms with Crippen molar-refractivity contribution in [2.24, 2.45) is 0 Å². The summed E-state index contributed by atoms with van der Waals surface area (Å²) in [5, 5.41) is 8.99. The predicted octanol–water partition coefficient (Wildman–Crippen LogP) is 3.05. The lowest BCUT2D eigenvalue weighted by Gasteiger charge is -2.25. The maximum Gasteiger partial charge on any atom is 0.407 e. The number of pyridine rings is 1. The van der Waals surface area contributed by atoms with Gasteiger partial charge in [0.2, 0.25) is 5.88 Å².